The Morgan fingerprint density at radius 3 is 2.85 bits per heavy atom. The molecule has 1 heterocycles. The standard InChI is InChI=1S/C11H9ClN2O4S2/c12-8-2-1-7(4-13)3-10(8)20(17,18)14-6-19-5-9(14)11(15)16/h1-3,9H,5-6H2,(H,15,16)/t9-/m0/s1. The molecule has 0 aliphatic carbocycles. The summed E-state index contributed by atoms with van der Waals surface area (Å²) in [6, 6.07) is 4.57. The van der Waals surface area contributed by atoms with Crippen LogP contribution >= 0.6 is 23.4 Å². The molecule has 1 fully saturated rings. The van der Waals surface area contributed by atoms with Crippen molar-refractivity contribution in [1.29, 1.82) is 5.26 Å². The quantitative estimate of drug-likeness (QED) is 0.897. The highest BCUT2D eigenvalue weighted by molar-refractivity contribution is 8.00. The maximum absolute atomic E-state index is 12.5. The molecule has 1 N–H and O–H groups in total. The molecular weight excluding hydrogens is 324 g/mol. The number of halogens is 1. The third-order valence-corrected chi connectivity index (χ3v) is 6.29. The molecule has 2 rings (SSSR count). The van der Waals surface area contributed by atoms with E-state index in [0.717, 1.165) is 10.4 Å². The van der Waals surface area contributed by atoms with E-state index in [-0.39, 0.29) is 27.1 Å². The second kappa shape index (κ2) is 5.61. The highest BCUT2D eigenvalue weighted by Crippen LogP contribution is 2.32. The van der Waals surface area contributed by atoms with Gasteiger partial charge in [-0.15, -0.1) is 11.8 Å². The van der Waals surface area contributed by atoms with E-state index in [0.29, 0.717) is 0 Å². The molecule has 0 amide bonds. The Morgan fingerprint density at radius 1 is 1.55 bits per heavy atom. The van der Waals surface area contributed by atoms with Crippen LogP contribution in [-0.4, -0.2) is 41.5 Å². The van der Waals surface area contributed by atoms with Gasteiger partial charge in [-0.25, -0.2) is 8.42 Å². The van der Waals surface area contributed by atoms with Gasteiger partial charge in [-0.1, -0.05) is 11.6 Å². The van der Waals surface area contributed by atoms with Crippen LogP contribution in [0.5, 0.6) is 0 Å². The van der Waals surface area contributed by atoms with Crippen LogP contribution in [0.2, 0.25) is 5.02 Å². The number of hydrogen-bond acceptors (Lipinski definition) is 5. The number of sulfonamides is 1. The predicted octanol–water partition coefficient (Wildman–Crippen LogP) is 1.36. The minimum atomic E-state index is -4.05. The molecule has 0 radical (unpaired) electrons. The maximum atomic E-state index is 12.5. The summed E-state index contributed by atoms with van der Waals surface area (Å²) in [6.07, 6.45) is 0. The van der Waals surface area contributed by atoms with Gasteiger partial charge in [0.2, 0.25) is 10.0 Å². The molecule has 1 atom stereocenters. The third-order valence-electron chi connectivity index (χ3n) is 2.77. The monoisotopic (exact) mass is 332 g/mol. The Bertz CT molecular complexity index is 699. The maximum Gasteiger partial charge on any atom is 0.322 e. The molecule has 0 saturated carbocycles. The van der Waals surface area contributed by atoms with Crippen molar-refractivity contribution in [1.82, 2.24) is 4.31 Å². The van der Waals surface area contributed by atoms with Crippen LogP contribution in [-0.2, 0) is 14.8 Å². The Morgan fingerprint density at radius 2 is 2.25 bits per heavy atom. The molecule has 6 nitrogen and oxygen atoms in total. The van der Waals surface area contributed by atoms with E-state index < -0.39 is 22.0 Å². The first kappa shape index (κ1) is 15.1. The third kappa shape index (κ3) is 2.62. The predicted molar refractivity (Wildman–Crippen MR) is 73.9 cm³/mol. The fourth-order valence-corrected chi connectivity index (χ4v) is 5.39. The van der Waals surface area contributed by atoms with Crippen LogP contribution in [0.1, 0.15) is 5.56 Å². The van der Waals surface area contributed by atoms with Crippen molar-refractivity contribution in [3.8, 4) is 6.07 Å². The SMILES string of the molecule is N#Cc1ccc(Cl)c(S(=O)(=O)N2CSC[C@H]2C(=O)O)c1. The van der Waals surface area contributed by atoms with Gasteiger partial charge in [0.25, 0.3) is 0 Å². The Kier molecular flexibility index (Phi) is 4.25. The van der Waals surface area contributed by atoms with Crippen molar-refractivity contribution in [2.45, 2.75) is 10.9 Å². The van der Waals surface area contributed by atoms with Crippen molar-refractivity contribution >= 4 is 39.4 Å². The number of hydrogen-bond donors (Lipinski definition) is 1. The van der Waals surface area contributed by atoms with Gasteiger partial charge in [0, 0.05) is 5.75 Å². The number of carbonyl (C=O) groups is 1. The van der Waals surface area contributed by atoms with E-state index in [2.05, 4.69) is 0 Å². The minimum Gasteiger partial charge on any atom is -0.480 e. The molecule has 9 heteroatoms. The van der Waals surface area contributed by atoms with Crippen molar-refractivity contribution in [2.75, 3.05) is 11.6 Å². The van der Waals surface area contributed by atoms with E-state index >= 15 is 0 Å². The first-order chi connectivity index (χ1) is 9.37. The van der Waals surface area contributed by atoms with Crippen LogP contribution in [0.4, 0.5) is 0 Å². The van der Waals surface area contributed by atoms with Gasteiger partial charge in [0.1, 0.15) is 10.9 Å². The summed E-state index contributed by atoms with van der Waals surface area (Å²) in [5, 5.41) is 17.8. The number of aliphatic carboxylic acids is 1. The molecule has 1 aromatic rings. The molecule has 1 aliphatic rings. The highest BCUT2D eigenvalue weighted by Gasteiger charge is 2.40. The first-order valence-corrected chi connectivity index (χ1v) is 8.37. The van der Waals surface area contributed by atoms with Gasteiger partial charge in [-0.05, 0) is 18.2 Å². The Balaban J connectivity index is 2.51. The average molecular weight is 333 g/mol. The second-order valence-electron chi connectivity index (χ2n) is 4.00. The van der Waals surface area contributed by atoms with Gasteiger partial charge in [-0.2, -0.15) is 9.57 Å². The largest absolute Gasteiger partial charge is 0.480 e. The summed E-state index contributed by atoms with van der Waals surface area (Å²) in [5.41, 5.74) is 0.145. The van der Waals surface area contributed by atoms with Crippen molar-refractivity contribution in [3.63, 3.8) is 0 Å². The normalized spacial score (nSPS) is 19.7. The Labute approximate surface area is 125 Å². The lowest BCUT2D eigenvalue weighted by atomic mass is 10.2. The number of benzene rings is 1. The molecular formula is C11H9ClN2O4S2. The van der Waals surface area contributed by atoms with Gasteiger partial charge in [0.15, 0.2) is 0 Å². The van der Waals surface area contributed by atoms with Gasteiger partial charge >= 0.3 is 5.97 Å². The zero-order chi connectivity index (χ0) is 14.9. The van der Waals surface area contributed by atoms with Crippen LogP contribution < -0.4 is 0 Å². The molecule has 0 bridgehead atoms. The van der Waals surface area contributed by atoms with Crippen molar-refractivity contribution in [2.24, 2.45) is 0 Å². The molecule has 0 spiro atoms. The molecule has 0 unspecified atom stereocenters. The fourth-order valence-electron chi connectivity index (χ4n) is 1.76. The summed E-state index contributed by atoms with van der Waals surface area (Å²) in [5.74, 6) is -0.970. The van der Waals surface area contributed by atoms with Crippen LogP contribution in [0.15, 0.2) is 23.1 Å². The second-order valence-corrected chi connectivity index (χ2v) is 7.27. The lowest BCUT2D eigenvalue weighted by Gasteiger charge is -2.20. The van der Waals surface area contributed by atoms with Crippen molar-refractivity contribution < 1.29 is 18.3 Å². The fraction of sp³-hybridized carbons (Fsp3) is 0.273. The Hall–Kier alpha value is -1.27. The first-order valence-electron chi connectivity index (χ1n) is 5.40. The van der Waals surface area contributed by atoms with E-state index in [1.165, 1.54) is 23.9 Å². The number of thioether (sulfide) groups is 1. The number of nitrogens with zero attached hydrogens (tertiary/aromatic N) is 2. The molecule has 1 saturated heterocycles. The number of nitriles is 1. The minimum absolute atomic E-state index is 0.0370. The summed E-state index contributed by atoms with van der Waals surface area (Å²) in [6.45, 7) is 0. The molecule has 1 aliphatic heterocycles. The zero-order valence-corrected chi connectivity index (χ0v) is 12.4. The molecule has 1 aromatic carbocycles. The van der Waals surface area contributed by atoms with Gasteiger partial charge in [0.05, 0.1) is 22.5 Å². The number of carboxylic acid groups (broad SMARTS) is 1. The zero-order valence-electron chi connectivity index (χ0n) is 9.98. The van der Waals surface area contributed by atoms with Crippen LogP contribution in [0.3, 0.4) is 0 Å². The summed E-state index contributed by atoms with van der Waals surface area (Å²) < 4.78 is 25.9. The summed E-state index contributed by atoms with van der Waals surface area (Å²) in [7, 11) is -4.05. The van der Waals surface area contributed by atoms with Crippen molar-refractivity contribution in [3.05, 3.63) is 28.8 Å². The average Bonchev–Trinajstić information content (AvgIpc) is 2.89. The lowest BCUT2D eigenvalue weighted by Crippen LogP contribution is -2.41. The summed E-state index contributed by atoms with van der Waals surface area (Å²) in [4.78, 5) is 10.8. The van der Waals surface area contributed by atoms with Gasteiger partial charge in [-0.3, -0.25) is 4.79 Å². The molecule has 106 valence electrons. The molecule has 20 heavy (non-hydrogen) atoms. The van der Waals surface area contributed by atoms with Crippen LogP contribution in [0.25, 0.3) is 0 Å². The van der Waals surface area contributed by atoms with Crippen LogP contribution in [0, 0.1) is 11.3 Å². The van der Waals surface area contributed by atoms with Gasteiger partial charge < -0.3 is 5.11 Å². The lowest BCUT2D eigenvalue weighted by molar-refractivity contribution is -0.140. The smallest absolute Gasteiger partial charge is 0.322 e. The van der Waals surface area contributed by atoms with E-state index in [9.17, 15) is 13.2 Å². The number of rotatable bonds is 3. The molecule has 0 aromatic heterocycles. The topological polar surface area (TPSA) is 98.5 Å². The number of carboxylic acids is 1. The summed E-state index contributed by atoms with van der Waals surface area (Å²) >= 11 is 7.09. The van der Waals surface area contributed by atoms with E-state index in [1.807, 2.05) is 6.07 Å². The van der Waals surface area contributed by atoms with E-state index in [4.69, 9.17) is 22.0 Å². The highest BCUT2D eigenvalue weighted by atomic mass is 35.5. The van der Waals surface area contributed by atoms with E-state index in [1.54, 1.807) is 0 Å².